The van der Waals surface area contributed by atoms with Crippen molar-refractivity contribution in [2.24, 2.45) is 10.9 Å². The lowest BCUT2D eigenvalue weighted by Gasteiger charge is -2.29. The minimum Gasteiger partial charge on any atom is -0.476 e. The first-order chi connectivity index (χ1) is 19.4. The zero-order valence-corrected chi connectivity index (χ0v) is 24.1. The Morgan fingerprint density at radius 1 is 1.15 bits per heavy atom. The average molecular weight is 567 g/mol. The summed E-state index contributed by atoms with van der Waals surface area (Å²) in [5, 5.41) is 3.53. The number of piperidine rings is 1. The maximum absolute atomic E-state index is 13.1. The number of likely N-dealkylation sites (tertiary alicyclic amines) is 1. The number of aromatic nitrogens is 3. The van der Waals surface area contributed by atoms with Crippen LogP contribution in [0.1, 0.15) is 75.2 Å². The van der Waals surface area contributed by atoms with Crippen molar-refractivity contribution in [1.29, 1.82) is 0 Å². The van der Waals surface area contributed by atoms with Crippen LogP contribution < -0.4 is 15.7 Å². The number of fused-ring (bicyclic) bond motifs is 1. The number of carbonyl (C=O) groups excluding carboxylic acids is 2. The van der Waals surface area contributed by atoms with E-state index in [9.17, 15) is 9.59 Å². The molecule has 5 rings (SSSR count). The fourth-order valence-corrected chi connectivity index (χ4v) is 5.98. The molecule has 1 saturated carbocycles. The van der Waals surface area contributed by atoms with Crippen molar-refractivity contribution in [2.45, 2.75) is 70.9 Å². The number of nitrogens with zero attached hydrogens (tertiary/aromatic N) is 4. The van der Waals surface area contributed by atoms with E-state index < -0.39 is 0 Å². The maximum Gasteiger partial charge on any atom is 0.280 e. The van der Waals surface area contributed by atoms with Gasteiger partial charge in [0.25, 0.3) is 5.91 Å². The second kappa shape index (κ2) is 13.0. The summed E-state index contributed by atoms with van der Waals surface area (Å²) in [6.45, 7) is 7.66. The van der Waals surface area contributed by atoms with Crippen LogP contribution in [-0.4, -0.2) is 63.5 Å². The molecule has 3 aromatic rings. The van der Waals surface area contributed by atoms with Crippen LogP contribution >= 0.6 is 11.6 Å². The van der Waals surface area contributed by atoms with E-state index in [-0.39, 0.29) is 29.8 Å². The molecule has 2 fully saturated rings. The number of hydrogen-bond acceptors (Lipinski definition) is 5. The Labute approximate surface area is 240 Å². The highest BCUT2D eigenvalue weighted by Crippen LogP contribution is 2.34. The summed E-state index contributed by atoms with van der Waals surface area (Å²) in [6.07, 6.45) is 8.69. The Balaban J connectivity index is 1.42. The molecule has 2 N–H and O–H groups in total. The molecule has 0 bridgehead atoms. The van der Waals surface area contributed by atoms with Crippen molar-refractivity contribution in [2.75, 3.05) is 26.2 Å². The van der Waals surface area contributed by atoms with Crippen molar-refractivity contribution < 1.29 is 14.3 Å². The number of benzene rings is 1. The molecule has 1 aromatic carbocycles. The molecule has 1 aliphatic heterocycles. The molecule has 2 amide bonds. The lowest BCUT2D eigenvalue weighted by molar-refractivity contribution is -0.126. The van der Waals surface area contributed by atoms with Gasteiger partial charge in [-0.2, -0.15) is 4.99 Å². The summed E-state index contributed by atoms with van der Waals surface area (Å²) in [5.41, 5.74) is 2.55. The topological polar surface area (TPSA) is 105 Å². The first-order valence-corrected chi connectivity index (χ1v) is 14.9. The molecule has 3 heterocycles. The second-order valence-corrected chi connectivity index (χ2v) is 11.6. The third-order valence-electron chi connectivity index (χ3n) is 7.84. The highest BCUT2D eigenvalue weighted by atomic mass is 35.5. The Hall–Kier alpha value is -3.17. The monoisotopic (exact) mass is 566 g/mol. The molecule has 0 atom stereocenters. The summed E-state index contributed by atoms with van der Waals surface area (Å²) in [6, 6.07) is 8.93. The summed E-state index contributed by atoms with van der Waals surface area (Å²) in [4.78, 5) is 40.5. The minimum atomic E-state index is -0.376. The van der Waals surface area contributed by atoms with Gasteiger partial charge in [0.2, 0.25) is 17.4 Å². The van der Waals surface area contributed by atoms with Gasteiger partial charge < -0.3 is 19.6 Å². The molecule has 0 unspecified atom stereocenters. The van der Waals surface area contributed by atoms with Crippen molar-refractivity contribution >= 4 is 34.4 Å². The van der Waals surface area contributed by atoms with Crippen LogP contribution in [0.2, 0.25) is 5.02 Å². The molecule has 0 radical (unpaired) electrons. The van der Waals surface area contributed by atoms with Crippen LogP contribution in [0.3, 0.4) is 0 Å². The number of imidazole rings is 1. The van der Waals surface area contributed by atoms with Gasteiger partial charge in [-0.05, 0) is 83.7 Å². The van der Waals surface area contributed by atoms with Crippen molar-refractivity contribution in [1.82, 2.24) is 24.8 Å². The number of hydrogen-bond donors (Lipinski definition) is 2. The first-order valence-electron chi connectivity index (χ1n) is 14.5. The molecule has 9 nitrogen and oxygen atoms in total. The van der Waals surface area contributed by atoms with Crippen LogP contribution in [0.4, 0.5) is 0 Å². The summed E-state index contributed by atoms with van der Waals surface area (Å²) in [5.74, 6) is 0.286. The molecular formula is C30H39ClN6O3. The molecule has 10 heteroatoms. The number of halogens is 1. The van der Waals surface area contributed by atoms with Crippen LogP contribution in [-0.2, 0) is 4.79 Å². The van der Waals surface area contributed by atoms with Gasteiger partial charge in [0.15, 0.2) is 0 Å². The standard InChI is InChI=1S/C30H39ClN6O3/c1-20(2)33-28(38)21-9-11-24(12-10-21)37-26-18-27(40-16-15-36-13-4-3-5-14-36)32-19-25(26)34-30(37)35-29(39)22-7-6-8-23(31)17-22/h6-8,17-21,24H,3-5,9-16H2,1-2H3,(H,33,38)(H,34,35,39)/t21-,24+. The zero-order chi connectivity index (χ0) is 28.1. The SMILES string of the molecule is CC(C)NC(=O)[C@H]1CC[C@@H](n2/c(=N/C(=O)c3cccc(Cl)c3)[nH]c3cnc(OCCN4CCCCC4)cc32)CC1. The predicted octanol–water partition coefficient (Wildman–Crippen LogP) is 4.88. The Bertz CT molecular complexity index is 1400. The third kappa shape index (κ3) is 6.93. The molecule has 1 aliphatic carbocycles. The largest absolute Gasteiger partial charge is 0.476 e. The van der Waals surface area contributed by atoms with Gasteiger partial charge in [-0.15, -0.1) is 0 Å². The fraction of sp³-hybridized carbons (Fsp3) is 0.533. The smallest absolute Gasteiger partial charge is 0.280 e. The lowest BCUT2D eigenvalue weighted by Crippen LogP contribution is -2.38. The molecule has 2 aromatic heterocycles. The van der Waals surface area contributed by atoms with E-state index in [0.29, 0.717) is 28.7 Å². The summed E-state index contributed by atoms with van der Waals surface area (Å²) < 4.78 is 8.16. The van der Waals surface area contributed by atoms with Crippen LogP contribution in [0.15, 0.2) is 41.5 Å². The molecule has 214 valence electrons. The fourth-order valence-electron chi connectivity index (χ4n) is 5.79. The van der Waals surface area contributed by atoms with Crippen LogP contribution in [0.25, 0.3) is 11.0 Å². The number of nitrogens with one attached hydrogen (secondary N) is 2. The minimum absolute atomic E-state index is 0.00622. The van der Waals surface area contributed by atoms with Gasteiger partial charge in [0.1, 0.15) is 6.61 Å². The number of ether oxygens (including phenoxy) is 1. The Morgan fingerprint density at radius 3 is 2.65 bits per heavy atom. The van der Waals surface area contributed by atoms with Crippen molar-refractivity contribution in [3.05, 3.63) is 52.7 Å². The quantitative estimate of drug-likeness (QED) is 0.404. The van der Waals surface area contributed by atoms with Gasteiger partial charge in [-0.1, -0.05) is 24.1 Å². The van der Waals surface area contributed by atoms with E-state index in [1.54, 1.807) is 30.5 Å². The van der Waals surface area contributed by atoms with Gasteiger partial charge >= 0.3 is 0 Å². The predicted molar refractivity (Wildman–Crippen MR) is 155 cm³/mol. The summed E-state index contributed by atoms with van der Waals surface area (Å²) >= 11 is 6.12. The van der Waals surface area contributed by atoms with E-state index in [0.717, 1.165) is 56.4 Å². The normalized spacial score (nSPS) is 20.6. The van der Waals surface area contributed by atoms with Crippen molar-refractivity contribution in [3.8, 4) is 5.88 Å². The van der Waals surface area contributed by atoms with E-state index in [1.807, 2.05) is 19.9 Å². The molecule has 2 aliphatic rings. The highest BCUT2D eigenvalue weighted by Gasteiger charge is 2.29. The first kappa shape index (κ1) is 28.4. The third-order valence-corrected chi connectivity index (χ3v) is 8.08. The van der Waals surface area contributed by atoms with Gasteiger partial charge in [0, 0.05) is 41.2 Å². The molecule has 0 spiro atoms. The van der Waals surface area contributed by atoms with Gasteiger partial charge in [-0.3, -0.25) is 14.5 Å². The van der Waals surface area contributed by atoms with E-state index >= 15 is 0 Å². The van der Waals surface area contributed by atoms with Crippen molar-refractivity contribution in [3.63, 3.8) is 0 Å². The summed E-state index contributed by atoms with van der Waals surface area (Å²) in [7, 11) is 0. The van der Waals surface area contributed by atoms with Crippen LogP contribution in [0, 0.1) is 5.92 Å². The van der Waals surface area contributed by atoms with E-state index in [2.05, 4.69) is 29.7 Å². The number of rotatable bonds is 8. The number of H-pyrrole nitrogens is 1. The number of pyridine rings is 1. The highest BCUT2D eigenvalue weighted by molar-refractivity contribution is 6.31. The van der Waals surface area contributed by atoms with E-state index in [4.69, 9.17) is 16.3 Å². The zero-order valence-electron chi connectivity index (χ0n) is 23.4. The molecule has 1 saturated heterocycles. The maximum atomic E-state index is 13.1. The van der Waals surface area contributed by atoms with Gasteiger partial charge in [-0.25, -0.2) is 4.98 Å². The van der Waals surface area contributed by atoms with Crippen LogP contribution in [0.5, 0.6) is 5.88 Å². The Kier molecular flexibility index (Phi) is 9.22. The average Bonchev–Trinajstić information content (AvgIpc) is 3.30. The molecule has 40 heavy (non-hydrogen) atoms. The number of amides is 2. The Morgan fingerprint density at radius 2 is 1.93 bits per heavy atom. The molecular weight excluding hydrogens is 528 g/mol. The second-order valence-electron chi connectivity index (χ2n) is 11.2. The number of aromatic amines is 1. The van der Waals surface area contributed by atoms with E-state index in [1.165, 1.54) is 19.3 Å². The lowest BCUT2D eigenvalue weighted by atomic mass is 9.85. The number of carbonyl (C=O) groups is 2. The van der Waals surface area contributed by atoms with Gasteiger partial charge in [0.05, 0.1) is 17.2 Å².